The zero-order valence-electron chi connectivity index (χ0n) is 9.88. The van der Waals surface area contributed by atoms with Gasteiger partial charge in [0.25, 0.3) is 0 Å². The number of phenolic OH excluding ortho intramolecular Hbond substituents is 1. The molecular formula is C12H14BrClF3NO. The summed E-state index contributed by atoms with van der Waals surface area (Å²) in [7, 11) is 0. The maximum absolute atomic E-state index is 12.9. The van der Waals surface area contributed by atoms with Gasteiger partial charge in [0.1, 0.15) is 5.75 Å². The third-order valence-electron chi connectivity index (χ3n) is 3.13. The number of alkyl halides is 3. The molecule has 0 unspecified atom stereocenters. The summed E-state index contributed by atoms with van der Waals surface area (Å²) in [5.41, 5.74) is 4.77. The smallest absolute Gasteiger partial charge is 0.416 e. The highest BCUT2D eigenvalue weighted by Gasteiger charge is 2.37. The number of hydrogen-bond acceptors (Lipinski definition) is 2. The molecular weight excluding hydrogens is 346 g/mol. The number of benzene rings is 1. The predicted molar refractivity (Wildman–Crippen MR) is 72.3 cm³/mol. The van der Waals surface area contributed by atoms with E-state index in [1.807, 2.05) is 0 Å². The van der Waals surface area contributed by atoms with E-state index in [1.54, 1.807) is 0 Å². The molecule has 108 valence electrons. The monoisotopic (exact) mass is 359 g/mol. The molecule has 2 rings (SSSR count). The molecule has 1 aromatic carbocycles. The highest BCUT2D eigenvalue weighted by Crippen LogP contribution is 2.45. The summed E-state index contributed by atoms with van der Waals surface area (Å²) < 4.78 is 38.9. The van der Waals surface area contributed by atoms with E-state index in [0.29, 0.717) is 12.3 Å². The van der Waals surface area contributed by atoms with Crippen molar-refractivity contribution in [3.05, 3.63) is 27.7 Å². The van der Waals surface area contributed by atoms with Crippen LogP contribution in [0.3, 0.4) is 0 Å². The van der Waals surface area contributed by atoms with Gasteiger partial charge in [0.2, 0.25) is 0 Å². The summed E-state index contributed by atoms with van der Waals surface area (Å²) in [5.74, 6) is -0.0163. The molecule has 1 aliphatic rings. The normalized spacial score (nSPS) is 16.9. The van der Waals surface area contributed by atoms with Gasteiger partial charge in [-0.15, -0.1) is 12.4 Å². The Morgan fingerprint density at radius 2 is 1.95 bits per heavy atom. The Hall–Kier alpha value is -0.460. The molecule has 0 heterocycles. The Labute approximate surface area is 123 Å². The molecule has 1 saturated carbocycles. The van der Waals surface area contributed by atoms with Gasteiger partial charge in [-0.05, 0) is 40.4 Å². The summed E-state index contributed by atoms with van der Waals surface area (Å²) >= 11 is 3.02. The highest BCUT2D eigenvalue weighted by molar-refractivity contribution is 9.10. The minimum Gasteiger partial charge on any atom is -0.506 e. The lowest BCUT2D eigenvalue weighted by atomic mass is 9.95. The van der Waals surface area contributed by atoms with Gasteiger partial charge >= 0.3 is 6.18 Å². The molecule has 1 aromatic rings. The van der Waals surface area contributed by atoms with E-state index < -0.39 is 23.5 Å². The molecule has 0 radical (unpaired) electrons. The van der Waals surface area contributed by atoms with E-state index in [9.17, 15) is 18.3 Å². The van der Waals surface area contributed by atoms with Crippen LogP contribution in [0.5, 0.6) is 5.75 Å². The van der Waals surface area contributed by atoms with Crippen molar-refractivity contribution in [1.29, 1.82) is 0 Å². The van der Waals surface area contributed by atoms with Crippen molar-refractivity contribution in [2.75, 3.05) is 0 Å². The molecule has 0 saturated heterocycles. The van der Waals surface area contributed by atoms with Gasteiger partial charge in [-0.1, -0.05) is 12.8 Å². The summed E-state index contributed by atoms with van der Waals surface area (Å²) in [5, 5.41) is 9.82. The van der Waals surface area contributed by atoms with Gasteiger partial charge in [0, 0.05) is 11.6 Å². The third-order valence-corrected chi connectivity index (χ3v) is 3.77. The summed E-state index contributed by atoms with van der Waals surface area (Å²) in [4.78, 5) is 0. The van der Waals surface area contributed by atoms with E-state index in [2.05, 4.69) is 15.9 Å². The van der Waals surface area contributed by atoms with Crippen molar-refractivity contribution >= 4 is 28.3 Å². The van der Waals surface area contributed by atoms with Crippen molar-refractivity contribution in [3.63, 3.8) is 0 Å². The molecule has 1 aliphatic carbocycles. The van der Waals surface area contributed by atoms with Crippen LogP contribution in [0.4, 0.5) is 13.2 Å². The first-order valence-corrected chi connectivity index (χ1v) is 6.44. The maximum atomic E-state index is 12.9. The fraction of sp³-hybridized carbons (Fsp3) is 0.500. The van der Waals surface area contributed by atoms with E-state index in [4.69, 9.17) is 5.73 Å². The number of halogens is 5. The Morgan fingerprint density at radius 1 is 1.37 bits per heavy atom. The van der Waals surface area contributed by atoms with E-state index in [0.717, 1.165) is 18.9 Å². The molecule has 1 atom stereocenters. The van der Waals surface area contributed by atoms with Crippen LogP contribution < -0.4 is 5.73 Å². The first-order valence-electron chi connectivity index (χ1n) is 5.65. The second-order valence-electron chi connectivity index (χ2n) is 4.64. The number of nitrogens with two attached hydrogens (primary N) is 1. The summed E-state index contributed by atoms with van der Waals surface area (Å²) in [6.45, 7) is 0. The second-order valence-corrected chi connectivity index (χ2v) is 5.49. The lowest BCUT2D eigenvalue weighted by Gasteiger charge is -2.20. The van der Waals surface area contributed by atoms with Gasteiger partial charge in [-0.3, -0.25) is 0 Å². The largest absolute Gasteiger partial charge is 0.506 e. The molecule has 1 fully saturated rings. The summed E-state index contributed by atoms with van der Waals surface area (Å²) in [6.07, 6.45) is -2.02. The first-order chi connectivity index (χ1) is 8.30. The van der Waals surface area contributed by atoms with Crippen molar-refractivity contribution < 1.29 is 18.3 Å². The average molecular weight is 361 g/mol. The van der Waals surface area contributed by atoms with E-state index in [1.165, 1.54) is 6.07 Å². The number of aromatic hydroxyl groups is 1. The Bertz CT molecular complexity index is 463. The molecule has 0 aromatic heterocycles. The minimum absolute atomic E-state index is 0. The Kier molecular flexibility index (Phi) is 5.15. The first kappa shape index (κ1) is 16.6. The molecule has 3 N–H and O–H groups in total. The maximum Gasteiger partial charge on any atom is 0.416 e. The molecule has 0 aliphatic heterocycles. The van der Waals surface area contributed by atoms with Gasteiger partial charge in [0.15, 0.2) is 0 Å². The Morgan fingerprint density at radius 3 is 2.42 bits per heavy atom. The zero-order chi connectivity index (χ0) is 13.5. The standard InChI is InChI=1S/C12H13BrF3NO.ClH/c13-8-4-3-7(12(14,15)16)10(11(8)18)9(17)5-6-1-2-6;/h3-4,6,9,18H,1-2,5,17H2;1H/t9-;/m0./s1. The second kappa shape index (κ2) is 5.89. The van der Waals surface area contributed by atoms with Gasteiger partial charge in [0.05, 0.1) is 10.0 Å². The van der Waals surface area contributed by atoms with Crippen LogP contribution in [0, 0.1) is 5.92 Å². The van der Waals surface area contributed by atoms with Crippen LogP contribution in [-0.4, -0.2) is 5.11 Å². The van der Waals surface area contributed by atoms with Gasteiger partial charge in [-0.2, -0.15) is 13.2 Å². The van der Waals surface area contributed by atoms with Crippen molar-refractivity contribution in [1.82, 2.24) is 0 Å². The average Bonchev–Trinajstić information content (AvgIpc) is 3.03. The molecule has 0 bridgehead atoms. The van der Waals surface area contributed by atoms with Crippen LogP contribution in [0.1, 0.15) is 36.4 Å². The molecule has 0 amide bonds. The van der Waals surface area contributed by atoms with Gasteiger partial charge in [-0.25, -0.2) is 0 Å². The van der Waals surface area contributed by atoms with Crippen LogP contribution in [0.15, 0.2) is 16.6 Å². The molecule has 19 heavy (non-hydrogen) atoms. The lowest BCUT2D eigenvalue weighted by molar-refractivity contribution is -0.138. The third kappa shape index (κ3) is 3.77. The van der Waals surface area contributed by atoms with Crippen LogP contribution in [0.25, 0.3) is 0 Å². The SMILES string of the molecule is Cl.N[C@@H](CC1CC1)c1c(C(F)(F)F)ccc(Br)c1O. The predicted octanol–water partition coefficient (Wildman–Crippen LogP) is 4.40. The fourth-order valence-corrected chi connectivity index (χ4v) is 2.38. The number of rotatable bonds is 3. The minimum atomic E-state index is -4.51. The van der Waals surface area contributed by atoms with Crippen LogP contribution in [0.2, 0.25) is 0 Å². The van der Waals surface area contributed by atoms with Gasteiger partial charge < -0.3 is 10.8 Å². The molecule has 2 nitrogen and oxygen atoms in total. The van der Waals surface area contributed by atoms with Crippen molar-refractivity contribution in [2.24, 2.45) is 11.7 Å². The number of hydrogen-bond donors (Lipinski definition) is 2. The van der Waals surface area contributed by atoms with Crippen molar-refractivity contribution in [3.8, 4) is 5.75 Å². The highest BCUT2D eigenvalue weighted by atomic mass is 79.9. The molecule has 0 spiro atoms. The number of phenols is 1. The zero-order valence-corrected chi connectivity index (χ0v) is 12.3. The summed E-state index contributed by atoms with van der Waals surface area (Å²) in [6, 6.07) is 1.35. The molecule has 7 heteroatoms. The van der Waals surface area contributed by atoms with Crippen molar-refractivity contribution in [2.45, 2.75) is 31.5 Å². The Balaban J connectivity index is 0.00000180. The van der Waals surface area contributed by atoms with Crippen LogP contribution >= 0.6 is 28.3 Å². The van der Waals surface area contributed by atoms with E-state index in [-0.39, 0.29) is 22.4 Å². The fourth-order valence-electron chi connectivity index (χ4n) is 2.03. The van der Waals surface area contributed by atoms with Crippen LogP contribution in [-0.2, 0) is 6.18 Å². The topological polar surface area (TPSA) is 46.2 Å². The lowest BCUT2D eigenvalue weighted by Crippen LogP contribution is -2.18. The van der Waals surface area contributed by atoms with E-state index >= 15 is 0 Å². The quantitative estimate of drug-likeness (QED) is 0.839.